The Balaban J connectivity index is 2.34. The minimum absolute atomic E-state index is 0.917. The number of para-hydroxylation sites is 1. The van der Waals surface area contributed by atoms with Gasteiger partial charge in [-0.1, -0.05) is 18.2 Å². The molecule has 3 nitrogen and oxygen atoms in total. The lowest BCUT2D eigenvalue weighted by Gasteiger charge is -1.94. The molecule has 0 atom stereocenters. The second-order valence-corrected chi connectivity index (χ2v) is 4.26. The average Bonchev–Trinajstić information content (AvgIpc) is 2.90. The highest BCUT2D eigenvalue weighted by Crippen LogP contribution is 2.32. The monoisotopic (exact) mass is 222 g/mol. The Hall–Kier alpha value is -2.29. The normalized spacial score (nSPS) is 11.8. The summed E-state index contributed by atoms with van der Waals surface area (Å²) in [7, 11) is 1.99. The van der Waals surface area contributed by atoms with Crippen LogP contribution < -0.4 is 0 Å². The van der Waals surface area contributed by atoms with Gasteiger partial charge in [0.25, 0.3) is 0 Å². The summed E-state index contributed by atoms with van der Waals surface area (Å²) in [6.45, 7) is 0. The number of nitrogens with zero attached hydrogens (tertiary/aromatic N) is 2. The SMILES string of the molecule is Cn1ccc2c3oc4ccccc4c3cnc21. The summed E-state index contributed by atoms with van der Waals surface area (Å²) in [5, 5.41) is 3.28. The van der Waals surface area contributed by atoms with E-state index in [0.717, 1.165) is 33.0 Å². The summed E-state index contributed by atoms with van der Waals surface area (Å²) in [4.78, 5) is 4.49. The van der Waals surface area contributed by atoms with Gasteiger partial charge in [0.1, 0.15) is 16.8 Å². The van der Waals surface area contributed by atoms with Crippen LogP contribution in [0.1, 0.15) is 0 Å². The fourth-order valence-corrected chi connectivity index (χ4v) is 2.38. The smallest absolute Gasteiger partial charge is 0.147 e. The molecule has 0 aliphatic carbocycles. The minimum atomic E-state index is 0.917. The molecule has 0 saturated carbocycles. The van der Waals surface area contributed by atoms with Gasteiger partial charge in [0.15, 0.2) is 0 Å². The van der Waals surface area contributed by atoms with Crippen molar-refractivity contribution in [2.45, 2.75) is 0 Å². The number of rotatable bonds is 0. The van der Waals surface area contributed by atoms with Crippen molar-refractivity contribution >= 4 is 33.0 Å². The van der Waals surface area contributed by atoms with Gasteiger partial charge >= 0.3 is 0 Å². The maximum absolute atomic E-state index is 5.93. The van der Waals surface area contributed by atoms with Crippen LogP contribution in [-0.2, 0) is 7.05 Å². The zero-order valence-electron chi connectivity index (χ0n) is 9.34. The highest BCUT2D eigenvalue weighted by Gasteiger charge is 2.11. The number of hydrogen-bond donors (Lipinski definition) is 0. The van der Waals surface area contributed by atoms with Crippen LogP contribution in [0.4, 0.5) is 0 Å². The summed E-state index contributed by atoms with van der Waals surface area (Å²) in [6, 6.07) is 10.1. The number of aromatic nitrogens is 2. The molecule has 4 rings (SSSR count). The predicted octanol–water partition coefficient (Wildman–Crippen LogP) is 3.47. The van der Waals surface area contributed by atoms with Crippen LogP contribution in [0.2, 0.25) is 0 Å². The van der Waals surface area contributed by atoms with E-state index in [4.69, 9.17) is 4.42 Å². The summed E-state index contributed by atoms with van der Waals surface area (Å²) in [5.41, 5.74) is 2.80. The van der Waals surface area contributed by atoms with Crippen LogP contribution in [-0.4, -0.2) is 9.55 Å². The fourth-order valence-electron chi connectivity index (χ4n) is 2.38. The van der Waals surface area contributed by atoms with Crippen molar-refractivity contribution in [3.63, 3.8) is 0 Å². The van der Waals surface area contributed by atoms with Crippen LogP contribution >= 0.6 is 0 Å². The van der Waals surface area contributed by atoms with Crippen LogP contribution in [0.15, 0.2) is 47.1 Å². The lowest BCUT2D eigenvalue weighted by molar-refractivity contribution is 0.672. The fraction of sp³-hybridized carbons (Fsp3) is 0.0714. The molecule has 0 fully saturated rings. The van der Waals surface area contributed by atoms with Crippen molar-refractivity contribution in [1.29, 1.82) is 0 Å². The zero-order chi connectivity index (χ0) is 11.4. The molecule has 0 saturated heterocycles. The maximum atomic E-state index is 5.93. The Morgan fingerprint density at radius 2 is 1.94 bits per heavy atom. The standard InChI is InChI=1S/C14H10N2O/c1-16-7-6-10-13-11(8-15-14(10)16)9-4-2-3-5-12(9)17-13/h2-8H,1H3. The molecule has 0 N–H and O–H groups in total. The highest BCUT2D eigenvalue weighted by atomic mass is 16.3. The predicted molar refractivity (Wildman–Crippen MR) is 68.0 cm³/mol. The van der Waals surface area contributed by atoms with Crippen LogP contribution in [0.5, 0.6) is 0 Å². The second kappa shape index (κ2) is 2.88. The number of hydrogen-bond acceptors (Lipinski definition) is 2. The summed E-state index contributed by atoms with van der Waals surface area (Å²) >= 11 is 0. The quantitative estimate of drug-likeness (QED) is 0.456. The summed E-state index contributed by atoms with van der Waals surface area (Å²) in [6.07, 6.45) is 3.90. The van der Waals surface area contributed by atoms with Gasteiger partial charge in [-0.3, -0.25) is 0 Å². The molecule has 1 aromatic carbocycles. The molecule has 0 radical (unpaired) electrons. The Kier molecular flexibility index (Phi) is 1.50. The first kappa shape index (κ1) is 8.82. The van der Waals surface area contributed by atoms with Crippen LogP contribution in [0.3, 0.4) is 0 Å². The van der Waals surface area contributed by atoms with Gasteiger partial charge in [0.05, 0.1) is 5.39 Å². The molecule has 4 aromatic rings. The third kappa shape index (κ3) is 1.03. The van der Waals surface area contributed by atoms with Gasteiger partial charge in [-0.15, -0.1) is 0 Å². The van der Waals surface area contributed by atoms with Crippen LogP contribution in [0, 0.1) is 0 Å². The number of fused-ring (bicyclic) bond motifs is 5. The van der Waals surface area contributed by atoms with E-state index in [1.54, 1.807) is 0 Å². The lowest BCUT2D eigenvalue weighted by atomic mass is 10.2. The van der Waals surface area contributed by atoms with Gasteiger partial charge in [-0.05, 0) is 12.1 Å². The first-order valence-electron chi connectivity index (χ1n) is 5.56. The topological polar surface area (TPSA) is 31.0 Å². The van der Waals surface area contributed by atoms with Crippen molar-refractivity contribution in [2.24, 2.45) is 7.05 Å². The van der Waals surface area contributed by atoms with E-state index in [1.807, 2.05) is 48.3 Å². The molecule has 0 amide bonds. The molecule has 3 heteroatoms. The summed E-state index contributed by atoms with van der Waals surface area (Å²) < 4.78 is 7.93. The van der Waals surface area contributed by atoms with E-state index in [1.165, 1.54) is 0 Å². The molecule has 0 spiro atoms. The number of benzene rings is 1. The maximum Gasteiger partial charge on any atom is 0.147 e. The van der Waals surface area contributed by atoms with Crippen molar-refractivity contribution < 1.29 is 4.42 Å². The summed E-state index contributed by atoms with van der Waals surface area (Å²) in [5.74, 6) is 0. The highest BCUT2D eigenvalue weighted by molar-refractivity contribution is 6.13. The molecule has 82 valence electrons. The van der Waals surface area contributed by atoms with E-state index >= 15 is 0 Å². The molecule has 0 bridgehead atoms. The minimum Gasteiger partial charge on any atom is -0.455 e. The van der Waals surface area contributed by atoms with Crippen molar-refractivity contribution in [1.82, 2.24) is 9.55 Å². The number of aryl methyl sites for hydroxylation is 1. The Morgan fingerprint density at radius 3 is 2.88 bits per heavy atom. The van der Waals surface area contributed by atoms with E-state index in [9.17, 15) is 0 Å². The Morgan fingerprint density at radius 1 is 1.06 bits per heavy atom. The molecule has 0 aliphatic heterocycles. The first-order valence-corrected chi connectivity index (χ1v) is 5.56. The van der Waals surface area contributed by atoms with E-state index < -0.39 is 0 Å². The molecule has 0 unspecified atom stereocenters. The van der Waals surface area contributed by atoms with E-state index in [0.29, 0.717) is 0 Å². The second-order valence-electron chi connectivity index (χ2n) is 4.26. The van der Waals surface area contributed by atoms with E-state index in [2.05, 4.69) is 11.1 Å². The third-order valence-electron chi connectivity index (χ3n) is 3.23. The van der Waals surface area contributed by atoms with Crippen molar-refractivity contribution in [2.75, 3.05) is 0 Å². The average molecular weight is 222 g/mol. The van der Waals surface area contributed by atoms with E-state index in [-0.39, 0.29) is 0 Å². The molecule has 0 aliphatic rings. The van der Waals surface area contributed by atoms with Gasteiger partial charge in [0.2, 0.25) is 0 Å². The molecule has 3 heterocycles. The van der Waals surface area contributed by atoms with Gasteiger partial charge < -0.3 is 8.98 Å². The van der Waals surface area contributed by atoms with Crippen molar-refractivity contribution in [3.05, 3.63) is 42.7 Å². The molecular formula is C14H10N2O. The Labute approximate surface area is 97.3 Å². The molecular weight excluding hydrogens is 212 g/mol. The number of furan rings is 1. The van der Waals surface area contributed by atoms with Crippen LogP contribution in [0.25, 0.3) is 33.0 Å². The van der Waals surface area contributed by atoms with Gasteiger partial charge in [-0.25, -0.2) is 4.98 Å². The molecule has 17 heavy (non-hydrogen) atoms. The van der Waals surface area contributed by atoms with Gasteiger partial charge in [0, 0.05) is 30.2 Å². The first-order chi connectivity index (χ1) is 8.34. The molecule has 3 aromatic heterocycles. The Bertz CT molecular complexity index is 854. The largest absolute Gasteiger partial charge is 0.455 e. The number of pyridine rings is 1. The van der Waals surface area contributed by atoms with Crippen molar-refractivity contribution in [3.8, 4) is 0 Å². The van der Waals surface area contributed by atoms with Gasteiger partial charge in [-0.2, -0.15) is 0 Å². The zero-order valence-corrected chi connectivity index (χ0v) is 9.34. The lowest BCUT2D eigenvalue weighted by Crippen LogP contribution is -1.86. The third-order valence-corrected chi connectivity index (χ3v) is 3.23.